The van der Waals surface area contributed by atoms with Crippen LogP contribution >= 0.6 is 12.4 Å². The van der Waals surface area contributed by atoms with E-state index in [0.29, 0.717) is 19.8 Å². The van der Waals surface area contributed by atoms with Crippen molar-refractivity contribution >= 4 is 18.3 Å². The molecule has 20 heavy (non-hydrogen) atoms. The summed E-state index contributed by atoms with van der Waals surface area (Å²) in [5.74, 6) is 0.356. The van der Waals surface area contributed by atoms with Gasteiger partial charge in [0.25, 0.3) is 0 Å². The van der Waals surface area contributed by atoms with E-state index in [4.69, 9.17) is 15.2 Å². The van der Waals surface area contributed by atoms with Crippen LogP contribution in [0.25, 0.3) is 0 Å². The largest absolute Gasteiger partial charge is 0.350 e. The van der Waals surface area contributed by atoms with Gasteiger partial charge < -0.3 is 20.1 Å². The monoisotopic (exact) mass is 306 g/mol. The fourth-order valence-corrected chi connectivity index (χ4v) is 3.05. The van der Waals surface area contributed by atoms with E-state index in [1.807, 2.05) is 11.8 Å². The van der Waals surface area contributed by atoms with Gasteiger partial charge in [-0.2, -0.15) is 0 Å². The van der Waals surface area contributed by atoms with E-state index >= 15 is 0 Å². The Morgan fingerprint density at radius 3 is 2.65 bits per heavy atom. The first-order chi connectivity index (χ1) is 9.04. The minimum absolute atomic E-state index is 0. The second kappa shape index (κ2) is 7.59. The molecule has 0 saturated carbocycles. The van der Waals surface area contributed by atoms with Crippen LogP contribution in [0.2, 0.25) is 0 Å². The fourth-order valence-electron chi connectivity index (χ4n) is 3.05. The molecule has 2 heterocycles. The molecule has 6 heteroatoms. The van der Waals surface area contributed by atoms with Crippen LogP contribution in [0, 0.1) is 5.92 Å². The Bertz CT molecular complexity index is 320. The molecule has 2 aliphatic heterocycles. The molecule has 2 fully saturated rings. The quantitative estimate of drug-likeness (QED) is 0.855. The van der Waals surface area contributed by atoms with Crippen molar-refractivity contribution in [2.45, 2.75) is 51.4 Å². The summed E-state index contributed by atoms with van der Waals surface area (Å²) < 4.78 is 11.1. The highest BCUT2D eigenvalue weighted by Crippen LogP contribution is 2.26. The summed E-state index contributed by atoms with van der Waals surface area (Å²) in [4.78, 5) is 14.4. The lowest BCUT2D eigenvalue weighted by Crippen LogP contribution is -2.56. The van der Waals surface area contributed by atoms with Gasteiger partial charge in [-0.15, -0.1) is 12.4 Å². The van der Waals surface area contributed by atoms with Crippen LogP contribution in [0.15, 0.2) is 0 Å². The molecule has 0 aromatic heterocycles. The highest BCUT2D eigenvalue weighted by molar-refractivity contribution is 5.86. The summed E-state index contributed by atoms with van der Waals surface area (Å²) in [5, 5.41) is 0. The SMILES string of the molecule is CCCC(C)(N)C(=O)N1CCCC(C2OCCO2)C1.Cl. The van der Waals surface area contributed by atoms with Gasteiger partial charge in [-0.1, -0.05) is 13.3 Å². The lowest BCUT2D eigenvalue weighted by Gasteiger charge is -2.38. The molecule has 0 bridgehead atoms. The Kier molecular flexibility index (Phi) is 6.72. The first-order valence-electron chi connectivity index (χ1n) is 7.36. The van der Waals surface area contributed by atoms with Crippen LogP contribution in [0.1, 0.15) is 39.5 Å². The molecular weight excluding hydrogens is 280 g/mol. The fraction of sp³-hybridized carbons (Fsp3) is 0.929. The molecule has 5 nitrogen and oxygen atoms in total. The zero-order valence-electron chi connectivity index (χ0n) is 12.5. The number of carbonyl (C=O) groups is 1. The zero-order valence-corrected chi connectivity index (χ0v) is 13.3. The van der Waals surface area contributed by atoms with E-state index in [-0.39, 0.29) is 30.5 Å². The minimum Gasteiger partial charge on any atom is -0.350 e. The van der Waals surface area contributed by atoms with Crippen LogP contribution in [0.4, 0.5) is 0 Å². The van der Waals surface area contributed by atoms with Crippen molar-refractivity contribution in [1.82, 2.24) is 4.90 Å². The van der Waals surface area contributed by atoms with E-state index in [1.54, 1.807) is 0 Å². The predicted octanol–water partition coefficient (Wildman–Crippen LogP) is 1.54. The van der Waals surface area contributed by atoms with Crippen molar-refractivity contribution in [3.05, 3.63) is 0 Å². The average Bonchev–Trinajstić information content (AvgIpc) is 2.92. The Hall–Kier alpha value is -0.360. The number of ether oxygens (including phenoxy) is 2. The van der Waals surface area contributed by atoms with E-state index < -0.39 is 5.54 Å². The first kappa shape index (κ1) is 17.7. The van der Waals surface area contributed by atoms with Crippen molar-refractivity contribution in [2.75, 3.05) is 26.3 Å². The van der Waals surface area contributed by atoms with Gasteiger partial charge in [0, 0.05) is 19.0 Å². The molecule has 2 unspecified atom stereocenters. The maximum atomic E-state index is 12.5. The Morgan fingerprint density at radius 2 is 2.05 bits per heavy atom. The van der Waals surface area contributed by atoms with Crippen LogP contribution in [-0.2, 0) is 14.3 Å². The standard InChI is InChI=1S/C14H26N2O3.ClH/c1-3-6-14(2,15)13(17)16-7-4-5-11(10-16)12-18-8-9-19-12;/h11-12H,3-10,15H2,1-2H3;1H. The number of halogens is 1. The lowest BCUT2D eigenvalue weighted by atomic mass is 9.92. The number of hydrogen-bond donors (Lipinski definition) is 1. The number of amides is 1. The number of hydrogen-bond acceptors (Lipinski definition) is 4. The third-order valence-corrected chi connectivity index (χ3v) is 4.04. The summed E-state index contributed by atoms with van der Waals surface area (Å²) in [5.41, 5.74) is 5.40. The average molecular weight is 307 g/mol. The first-order valence-corrected chi connectivity index (χ1v) is 7.36. The third-order valence-electron chi connectivity index (χ3n) is 4.04. The van der Waals surface area contributed by atoms with Crippen LogP contribution in [-0.4, -0.2) is 48.9 Å². The van der Waals surface area contributed by atoms with Gasteiger partial charge in [0.15, 0.2) is 6.29 Å². The van der Waals surface area contributed by atoms with Crippen molar-refractivity contribution in [2.24, 2.45) is 11.7 Å². The highest BCUT2D eigenvalue weighted by Gasteiger charge is 2.37. The molecule has 0 spiro atoms. The van der Waals surface area contributed by atoms with Crippen molar-refractivity contribution < 1.29 is 14.3 Å². The number of likely N-dealkylation sites (tertiary alicyclic amines) is 1. The van der Waals surface area contributed by atoms with E-state index in [2.05, 4.69) is 6.92 Å². The van der Waals surface area contributed by atoms with Crippen LogP contribution < -0.4 is 5.73 Å². The van der Waals surface area contributed by atoms with Gasteiger partial charge in [-0.05, 0) is 26.2 Å². The molecule has 2 atom stereocenters. The third kappa shape index (κ3) is 4.07. The van der Waals surface area contributed by atoms with Crippen molar-refractivity contribution in [3.8, 4) is 0 Å². The Balaban J connectivity index is 0.00000200. The summed E-state index contributed by atoms with van der Waals surface area (Å²) in [6.45, 7) is 6.74. The second-order valence-corrected chi connectivity index (χ2v) is 5.93. The second-order valence-electron chi connectivity index (χ2n) is 5.93. The van der Waals surface area contributed by atoms with Crippen molar-refractivity contribution in [3.63, 3.8) is 0 Å². The van der Waals surface area contributed by atoms with Crippen LogP contribution in [0.5, 0.6) is 0 Å². The normalized spacial score (nSPS) is 26.9. The summed E-state index contributed by atoms with van der Waals surface area (Å²) in [7, 11) is 0. The van der Waals surface area contributed by atoms with Crippen molar-refractivity contribution in [1.29, 1.82) is 0 Å². The van der Waals surface area contributed by atoms with Gasteiger partial charge in [-0.3, -0.25) is 4.79 Å². The Labute approximate surface area is 127 Å². The number of rotatable bonds is 4. The van der Waals surface area contributed by atoms with Gasteiger partial charge in [0.05, 0.1) is 18.8 Å². The summed E-state index contributed by atoms with van der Waals surface area (Å²) in [6, 6.07) is 0. The minimum atomic E-state index is -0.742. The van der Waals surface area contributed by atoms with E-state index in [0.717, 1.165) is 32.2 Å². The maximum Gasteiger partial charge on any atom is 0.242 e. The van der Waals surface area contributed by atoms with Gasteiger partial charge in [-0.25, -0.2) is 0 Å². The maximum absolute atomic E-state index is 12.5. The van der Waals surface area contributed by atoms with E-state index in [1.165, 1.54) is 0 Å². The molecule has 2 saturated heterocycles. The van der Waals surface area contributed by atoms with Gasteiger partial charge >= 0.3 is 0 Å². The molecule has 0 aromatic rings. The number of carbonyl (C=O) groups excluding carboxylic acids is 1. The van der Waals surface area contributed by atoms with Gasteiger partial charge in [0.2, 0.25) is 5.91 Å². The molecule has 118 valence electrons. The Morgan fingerprint density at radius 1 is 1.40 bits per heavy atom. The topological polar surface area (TPSA) is 64.8 Å². The highest BCUT2D eigenvalue weighted by atomic mass is 35.5. The molecule has 0 radical (unpaired) electrons. The molecular formula is C14H27ClN2O3. The molecule has 2 rings (SSSR count). The molecule has 2 N–H and O–H groups in total. The van der Waals surface area contributed by atoms with E-state index in [9.17, 15) is 4.79 Å². The number of piperidine rings is 1. The molecule has 2 aliphatic rings. The molecule has 1 amide bonds. The molecule has 0 aromatic carbocycles. The number of nitrogens with zero attached hydrogens (tertiary/aromatic N) is 1. The molecule has 0 aliphatic carbocycles. The van der Waals surface area contributed by atoms with Crippen LogP contribution in [0.3, 0.4) is 0 Å². The smallest absolute Gasteiger partial charge is 0.242 e. The summed E-state index contributed by atoms with van der Waals surface area (Å²) >= 11 is 0. The predicted molar refractivity (Wildman–Crippen MR) is 79.7 cm³/mol. The van der Waals surface area contributed by atoms with Gasteiger partial charge in [0.1, 0.15) is 0 Å². The summed E-state index contributed by atoms with van der Waals surface area (Å²) in [6.07, 6.45) is 3.57. The zero-order chi connectivity index (χ0) is 13.9. The number of nitrogens with two attached hydrogens (primary N) is 1. The lowest BCUT2D eigenvalue weighted by molar-refractivity contribution is -0.144.